The van der Waals surface area contributed by atoms with Gasteiger partial charge in [-0.2, -0.15) is 0 Å². The summed E-state index contributed by atoms with van der Waals surface area (Å²) in [7, 11) is 0. The second-order valence-corrected chi connectivity index (χ2v) is 5.14. The van der Waals surface area contributed by atoms with Gasteiger partial charge in [0.2, 0.25) is 0 Å². The van der Waals surface area contributed by atoms with E-state index < -0.39 is 0 Å². The van der Waals surface area contributed by atoms with Crippen molar-refractivity contribution in [2.75, 3.05) is 0 Å². The van der Waals surface area contributed by atoms with Gasteiger partial charge in [0.15, 0.2) is 0 Å². The van der Waals surface area contributed by atoms with Crippen LogP contribution in [-0.4, -0.2) is 9.55 Å². The molecule has 0 spiro atoms. The molecule has 0 aliphatic heterocycles. The van der Waals surface area contributed by atoms with Gasteiger partial charge in [0.25, 0.3) is 0 Å². The highest BCUT2D eigenvalue weighted by molar-refractivity contribution is 6.31. The molecule has 0 saturated heterocycles. The lowest BCUT2D eigenvalue weighted by atomic mass is 10.2. The number of nitrogens with zero attached hydrogens (tertiary/aromatic N) is 2. The van der Waals surface area contributed by atoms with Gasteiger partial charge in [-0.15, -0.1) is 0 Å². The predicted molar refractivity (Wildman–Crippen MR) is 80.4 cm³/mol. The first-order chi connectivity index (χ1) is 9.70. The molecule has 1 aromatic heterocycles. The zero-order valence-electron chi connectivity index (χ0n) is 11.1. The minimum Gasteiger partial charge on any atom is -0.324 e. The molecule has 0 aliphatic carbocycles. The number of rotatable bonds is 3. The number of fused-ring (bicyclic) bond motifs is 1. The summed E-state index contributed by atoms with van der Waals surface area (Å²) in [6.45, 7) is 2.88. The van der Waals surface area contributed by atoms with Crippen LogP contribution in [0.2, 0.25) is 5.02 Å². The maximum atomic E-state index is 14.0. The Morgan fingerprint density at radius 2 is 2.00 bits per heavy atom. The molecule has 102 valence electrons. The Labute approximate surface area is 121 Å². The molecule has 0 radical (unpaired) electrons. The molecule has 0 N–H and O–H groups in total. The normalized spacial score (nSPS) is 11.2. The molecule has 0 bridgehead atoms. The molecule has 0 fully saturated rings. The highest BCUT2D eigenvalue weighted by Crippen LogP contribution is 2.28. The molecule has 0 aliphatic rings. The number of aryl methyl sites for hydroxylation is 1. The molecule has 2 aromatic carbocycles. The predicted octanol–water partition coefficient (Wildman–Crippen LogP) is 4.91. The summed E-state index contributed by atoms with van der Waals surface area (Å²) >= 11 is 6.01. The van der Waals surface area contributed by atoms with Crippen molar-refractivity contribution >= 4 is 22.6 Å². The van der Waals surface area contributed by atoms with Crippen molar-refractivity contribution in [1.29, 1.82) is 0 Å². The Kier molecular flexibility index (Phi) is 3.45. The summed E-state index contributed by atoms with van der Waals surface area (Å²) in [6.07, 6.45) is 0.954. The van der Waals surface area contributed by atoms with E-state index in [1.807, 2.05) is 28.8 Å². The summed E-state index contributed by atoms with van der Waals surface area (Å²) in [5.74, 6) is 0.397. The van der Waals surface area contributed by atoms with Gasteiger partial charge in [-0.1, -0.05) is 30.7 Å². The van der Waals surface area contributed by atoms with Gasteiger partial charge in [0.1, 0.15) is 11.6 Å². The first kappa shape index (κ1) is 13.1. The summed E-state index contributed by atoms with van der Waals surface area (Å²) in [6, 6.07) is 12.3. The zero-order chi connectivity index (χ0) is 14.1. The lowest BCUT2D eigenvalue weighted by Crippen LogP contribution is -2.00. The number of benzene rings is 2. The summed E-state index contributed by atoms with van der Waals surface area (Å²) in [5.41, 5.74) is 2.30. The molecule has 20 heavy (non-hydrogen) atoms. The molecule has 0 atom stereocenters. The largest absolute Gasteiger partial charge is 0.324 e. The van der Waals surface area contributed by atoms with Crippen molar-refractivity contribution < 1.29 is 4.39 Å². The van der Waals surface area contributed by atoms with Gasteiger partial charge in [-0.25, -0.2) is 9.37 Å². The van der Waals surface area contributed by atoms with Crippen LogP contribution in [0.5, 0.6) is 0 Å². The third kappa shape index (κ3) is 2.18. The molecule has 2 nitrogen and oxygen atoms in total. The van der Waals surface area contributed by atoms with Crippen molar-refractivity contribution in [3.8, 4) is 11.4 Å². The Bertz CT molecular complexity index is 764. The van der Waals surface area contributed by atoms with Crippen molar-refractivity contribution in [3.63, 3.8) is 0 Å². The standard InChI is InChI=1S/C16H14ClFN2/c1-2-9-20-15-8-7-11(17)10-14(15)19-16(20)12-5-3-4-6-13(12)18/h3-8,10H,2,9H2,1H3. The quantitative estimate of drug-likeness (QED) is 0.670. The van der Waals surface area contributed by atoms with E-state index in [1.54, 1.807) is 12.1 Å². The van der Waals surface area contributed by atoms with Crippen LogP contribution in [0.4, 0.5) is 4.39 Å². The fraction of sp³-hybridized carbons (Fsp3) is 0.188. The highest BCUT2D eigenvalue weighted by atomic mass is 35.5. The second kappa shape index (κ2) is 5.25. The van der Waals surface area contributed by atoms with Gasteiger partial charge in [-0.05, 0) is 36.8 Å². The van der Waals surface area contributed by atoms with E-state index in [1.165, 1.54) is 6.07 Å². The van der Waals surface area contributed by atoms with Crippen LogP contribution in [0, 0.1) is 5.82 Å². The second-order valence-electron chi connectivity index (χ2n) is 4.70. The number of aromatic nitrogens is 2. The van der Waals surface area contributed by atoms with E-state index >= 15 is 0 Å². The van der Waals surface area contributed by atoms with E-state index in [2.05, 4.69) is 11.9 Å². The van der Waals surface area contributed by atoms with Crippen molar-refractivity contribution in [2.24, 2.45) is 0 Å². The minimum atomic E-state index is -0.258. The van der Waals surface area contributed by atoms with Crippen molar-refractivity contribution in [3.05, 3.63) is 53.3 Å². The molecule has 0 unspecified atom stereocenters. The van der Waals surface area contributed by atoms with Crippen LogP contribution in [0.25, 0.3) is 22.4 Å². The van der Waals surface area contributed by atoms with Crippen LogP contribution in [-0.2, 0) is 6.54 Å². The first-order valence-electron chi connectivity index (χ1n) is 6.61. The monoisotopic (exact) mass is 288 g/mol. The third-order valence-electron chi connectivity index (χ3n) is 3.27. The van der Waals surface area contributed by atoms with Gasteiger partial charge in [0, 0.05) is 11.6 Å². The van der Waals surface area contributed by atoms with E-state index in [4.69, 9.17) is 11.6 Å². The number of imidazole rings is 1. The lowest BCUT2D eigenvalue weighted by Gasteiger charge is -2.08. The van der Waals surface area contributed by atoms with Crippen LogP contribution in [0.1, 0.15) is 13.3 Å². The van der Waals surface area contributed by atoms with Gasteiger partial charge in [0.05, 0.1) is 16.6 Å². The number of hydrogen-bond acceptors (Lipinski definition) is 1. The van der Waals surface area contributed by atoms with Crippen molar-refractivity contribution in [2.45, 2.75) is 19.9 Å². The Morgan fingerprint density at radius 3 is 2.75 bits per heavy atom. The van der Waals surface area contributed by atoms with Crippen LogP contribution < -0.4 is 0 Å². The molecular formula is C16H14ClFN2. The van der Waals surface area contributed by atoms with E-state index in [9.17, 15) is 4.39 Å². The molecule has 0 saturated carbocycles. The smallest absolute Gasteiger partial charge is 0.144 e. The average Bonchev–Trinajstić information content (AvgIpc) is 2.77. The Balaban J connectivity index is 2.29. The van der Waals surface area contributed by atoms with Crippen LogP contribution in [0.3, 0.4) is 0 Å². The third-order valence-corrected chi connectivity index (χ3v) is 3.51. The first-order valence-corrected chi connectivity index (χ1v) is 6.99. The fourth-order valence-electron chi connectivity index (χ4n) is 2.40. The Morgan fingerprint density at radius 1 is 1.20 bits per heavy atom. The highest BCUT2D eigenvalue weighted by Gasteiger charge is 2.15. The molecule has 1 heterocycles. The summed E-state index contributed by atoms with van der Waals surface area (Å²) in [4.78, 5) is 4.56. The fourth-order valence-corrected chi connectivity index (χ4v) is 2.57. The van der Waals surface area contributed by atoms with Gasteiger partial charge >= 0.3 is 0 Å². The molecule has 3 aromatic rings. The SMILES string of the molecule is CCCn1c(-c2ccccc2F)nc2cc(Cl)ccc21. The molecule has 0 amide bonds. The molecular weight excluding hydrogens is 275 g/mol. The molecule has 4 heteroatoms. The summed E-state index contributed by atoms with van der Waals surface area (Å²) in [5, 5.41) is 0.638. The molecule has 3 rings (SSSR count). The number of hydrogen-bond donors (Lipinski definition) is 0. The lowest BCUT2D eigenvalue weighted by molar-refractivity contribution is 0.625. The van der Waals surface area contributed by atoms with Crippen LogP contribution in [0.15, 0.2) is 42.5 Å². The average molecular weight is 289 g/mol. The Hall–Kier alpha value is -1.87. The van der Waals surface area contributed by atoms with Crippen LogP contribution >= 0.6 is 11.6 Å². The van der Waals surface area contributed by atoms with E-state index in [0.717, 1.165) is 24.0 Å². The van der Waals surface area contributed by atoms with Gasteiger partial charge < -0.3 is 4.57 Å². The minimum absolute atomic E-state index is 0.258. The van der Waals surface area contributed by atoms with Crippen molar-refractivity contribution in [1.82, 2.24) is 9.55 Å². The van der Waals surface area contributed by atoms with E-state index in [-0.39, 0.29) is 5.82 Å². The topological polar surface area (TPSA) is 17.8 Å². The van der Waals surface area contributed by atoms with E-state index in [0.29, 0.717) is 16.4 Å². The maximum Gasteiger partial charge on any atom is 0.144 e. The maximum absolute atomic E-state index is 14.0. The van der Waals surface area contributed by atoms with Gasteiger partial charge in [-0.3, -0.25) is 0 Å². The number of halogens is 2. The zero-order valence-corrected chi connectivity index (χ0v) is 11.9. The summed E-state index contributed by atoms with van der Waals surface area (Å²) < 4.78 is 16.1.